The number of hydrogen-bond donors (Lipinski definition) is 0. The van der Waals surface area contributed by atoms with Crippen molar-refractivity contribution in [3.05, 3.63) is 72.9 Å². The van der Waals surface area contributed by atoms with Crippen LogP contribution < -0.4 is 0 Å². The summed E-state index contributed by atoms with van der Waals surface area (Å²) in [5, 5.41) is 0. The maximum atomic E-state index is 12.9. The molecule has 0 aliphatic heterocycles. The van der Waals surface area contributed by atoms with Gasteiger partial charge in [0.2, 0.25) is 0 Å². The molecule has 6 heteroatoms. The molecule has 1 unspecified atom stereocenters. The van der Waals surface area contributed by atoms with Gasteiger partial charge in [-0.05, 0) is 70.6 Å². The number of carbonyl (C=O) groups is 3. The van der Waals surface area contributed by atoms with E-state index in [-0.39, 0.29) is 31.1 Å². The molecule has 0 aromatic rings. The molecule has 0 aromatic heterocycles. The standard InChI is InChI=1S/C73H130O6/c1-4-7-10-13-16-19-22-25-27-29-31-32-33-34-35-36-37-38-39-40-41-42-43-45-46-48-51-54-57-60-63-66-72(75)78-69-70(68-77-71(74)65-62-59-56-53-50-24-21-18-15-12-9-6-3)79-73(76)67-64-61-58-55-52-49-47-44-30-28-26-23-20-17-14-11-8-5-2/h7,10,16,19,25,27,31-32,34-35,37-38,70H,4-6,8-9,11-15,17-18,20-24,26,28-30,33,36,39-69H2,1-3H3/b10-7-,19-16-,27-25-,32-31-,35-34-,38-37-. The monoisotopic (exact) mass is 1100 g/mol. The molecule has 0 aliphatic carbocycles. The van der Waals surface area contributed by atoms with Crippen LogP contribution in [0.3, 0.4) is 0 Å². The molecule has 0 heterocycles. The van der Waals surface area contributed by atoms with E-state index in [0.29, 0.717) is 19.3 Å². The average molecular weight is 1100 g/mol. The predicted molar refractivity (Wildman–Crippen MR) is 344 cm³/mol. The van der Waals surface area contributed by atoms with Crippen LogP contribution in [0, 0.1) is 0 Å². The Hall–Kier alpha value is -3.15. The lowest BCUT2D eigenvalue weighted by molar-refractivity contribution is -0.167. The lowest BCUT2D eigenvalue weighted by Crippen LogP contribution is -2.30. The van der Waals surface area contributed by atoms with Gasteiger partial charge in [0, 0.05) is 19.3 Å². The van der Waals surface area contributed by atoms with E-state index in [1.54, 1.807) is 0 Å². The Kier molecular flexibility index (Phi) is 64.7. The Labute approximate surface area is 491 Å². The number of rotatable bonds is 63. The molecule has 0 amide bonds. The van der Waals surface area contributed by atoms with Crippen molar-refractivity contribution in [1.29, 1.82) is 0 Å². The Morgan fingerprint density at radius 2 is 0.494 bits per heavy atom. The summed E-state index contributed by atoms with van der Waals surface area (Å²) in [5.74, 6) is -0.849. The van der Waals surface area contributed by atoms with Crippen molar-refractivity contribution in [3.8, 4) is 0 Å². The summed E-state index contributed by atoms with van der Waals surface area (Å²) in [7, 11) is 0. The highest BCUT2D eigenvalue weighted by Gasteiger charge is 2.19. The second-order valence-electron chi connectivity index (χ2n) is 23.1. The second-order valence-corrected chi connectivity index (χ2v) is 23.1. The first-order valence-electron chi connectivity index (χ1n) is 34.4. The van der Waals surface area contributed by atoms with E-state index in [1.807, 2.05) is 0 Å². The van der Waals surface area contributed by atoms with Crippen LogP contribution >= 0.6 is 0 Å². The van der Waals surface area contributed by atoms with Crippen molar-refractivity contribution >= 4 is 17.9 Å². The van der Waals surface area contributed by atoms with Gasteiger partial charge in [-0.15, -0.1) is 0 Å². The van der Waals surface area contributed by atoms with E-state index >= 15 is 0 Å². The number of ether oxygens (including phenoxy) is 3. The molecule has 79 heavy (non-hydrogen) atoms. The number of carbonyl (C=O) groups excluding carboxylic acids is 3. The van der Waals surface area contributed by atoms with Gasteiger partial charge in [-0.1, -0.05) is 338 Å². The minimum atomic E-state index is -0.772. The molecule has 0 aromatic carbocycles. The predicted octanol–water partition coefficient (Wildman–Crippen LogP) is 23.7. The van der Waals surface area contributed by atoms with Crippen molar-refractivity contribution in [1.82, 2.24) is 0 Å². The zero-order valence-corrected chi connectivity index (χ0v) is 52.6. The fourth-order valence-electron chi connectivity index (χ4n) is 10.1. The molecule has 6 nitrogen and oxygen atoms in total. The molecule has 0 fully saturated rings. The largest absolute Gasteiger partial charge is 0.462 e. The van der Waals surface area contributed by atoms with Crippen molar-refractivity contribution in [3.63, 3.8) is 0 Å². The summed E-state index contributed by atoms with van der Waals surface area (Å²) in [4.78, 5) is 38.3. The summed E-state index contributed by atoms with van der Waals surface area (Å²) in [6.07, 6.45) is 87.8. The number of allylic oxidation sites excluding steroid dienone is 12. The van der Waals surface area contributed by atoms with E-state index < -0.39 is 6.10 Å². The first-order chi connectivity index (χ1) is 39.0. The molecular formula is C73H130O6. The van der Waals surface area contributed by atoms with Gasteiger partial charge in [0.15, 0.2) is 6.10 Å². The summed E-state index contributed by atoms with van der Waals surface area (Å²) >= 11 is 0. The van der Waals surface area contributed by atoms with Crippen LogP contribution in [0.5, 0.6) is 0 Å². The smallest absolute Gasteiger partial charge is 0.306 e. The highest BCUT2D eigenvalue weighted by Crippen LogP contribution is 2.18. The molecule has 0 rings (SSSR count). The minimum Gasteiger partial charge on any atom is -0.462 e. The molecule has 1 atom stereocenters. The van der Waals surface area contributed by atoms with Gasteiger partial charge < -0.3 is 14.2 Å². The van der Waals surface area contributed by atoms with Crippen LogP contribution in [-0.2, 0) is 28.6 Å². The topological polar surface area (TPSA) is 78.9 Å². The quantitative estimate of drug-likeness (QED) is 0.0261. The Morgan fingerprint density at radius 1 is 0.266 bits per heavy atom. The van der Waals surface area contributed by atoms with Crippen LogP contribution in [0.2, 0.25) is 0 Å². The Bertz CT molecular complexity index is 1450. The highest BCUT2D eigenvalue weighted by molar-refractivity contribution is 5.71. The number of hydrogen-bond acceptors (Lipinski definition) is 6. The molecule has 0 aliphatic rings. The van der Waals surface area contributed by atoms with Gasteiger partial charge in [-0.3, -0.25) is 14.4 Å². The number of unbranched alkanes of at least 4 members (excludes halogenated alkanes) is 40. The normalized spacial score (nSPS) is 12.5. The average Bonchev–Trinajstić information content (AvgIpc) is 3.45. The van der Waals surface area contributed by atoms with Gasteiger partial charge >= 0.3 is 17.9 Å². The second kappa shape index (κ2) is 67.4. The highest BCUT2D eigenvalue weighted by atomic mass is 16.6. The first-order valence-corrected chi connectivity index (χ1v) is 34.4. The lowest BCUT2D eigenvalue weighted by Gasteiger charge is -2.18. The van der Waals surface area contributed by atoms with Crippen molar-refractivity contribution in [2.24, 2.45) is 0 Å². The molecule has 0 radical (unpaired) electrons. The first kappa shape index (κ1) is 75.8. The molecular weight excluding hydrogens is 973 g/mol. The third-order valence-electron chi connectivity index (χ3n) is 15.2. The van der Waals surface area contributed by atoms with Gasteiger partial charge in [-0.25, -0.2) is 0 Å². The van der Waals surface area contributed by atoms with E-state index in [2.05, 4.69) is 93.7 Å². The molecule has 458 valence electrons. The summed E-state index contributed by atoms with van der Waals surface area (Å²) in [6, 6.07) is 0. The minimum absolute atomic E-state index is 0.0691. The van der Waals surface area contributed by atoms with Gasteiger partial charge in [0.1, 0.15) is 13.2 Å². The Balaban J connectivity index is 4.20. The third-order valence-corrected chi connectivity index (χ3v) is 15.2. The zero-order valence-electron chi connectivity index (χ0n) is 52.6. The van der Waals surface area contributed by atoms with E-state index in [9.17, 15) is 14.4 Å². The van der Waals surface area contributed by atoms with Crippen molar-refractivity contribution in [2.75, 3.05) is 13.2 Å². The Morgan fingerprint density at radius 3 is 0.772 bits per heavy atom. The molecule has 0 bridgehead atoms. The summed E-state index contributed by atoms with van der Waals surface area (Å²) in [6.45, 7) is 6.58. The van der Waals surface area contributed by atoms with Gasteiger partial charge in [0.05, 0.1) is 0 Å². The van der Waals surface area contributed by atoms with E-state index in [4.69, 9.17) is 14.2 Å². The SMILES string of the molecule is CC/C=C\C/C=C\C/C=C\C/C=C\C/C=C\C/C=C\CCCCCCCCCCCCCCC(=O)OCC(COC(=O)CCCCCCCCCCCCCC)OC(=O)CCCCCCCCCCCCCCCCCCCC. The van der Waals surface area contributed by atoms with Crippen LogP contribution in [0.25, 0.3) is 0 Å². The molecule has 0 saturated carbocycles. The van der Waals surface area contributed by atoms with Crippen LogP contribution in [-0.4, -0.2) is 37.2 Å². The molecule has 0 saturated heterocycles. The summed E-state index contributed by atoms with van der Waals surface area (Å²) < 4.78 is 17.0. The molecule has 0 spiro atoms. The van der Waals surface area contributed by atoms with Crippen LogP contribution in [0.1, 0.15) is 355 Å². The fraction of sp³-hybridized carbons (Fsp3) is 0.795. The maximum absolute atomic E-state index is 12.9. The zero-order chi connectivity index (χ0) is 57.1. The van der Waals surface area contributed by atoms with Crippen molar-refractivity contribution in [2.45, 2.75) is 361 Å². The van der Waals surface area contributed by atoms with Gasteiger partial charge in [0.25, 0.3) is 0 Å². The molecule has 0 N–H and O–H groups in total. The summed E-state index contributed by atoms with van der Waals surface area (Å²) in [5.41, 5.74) is 0. The third kappa shape index (κ3) is 65.5. The van der Waals surface area contributed by atoms with E-state index in [0.717, 1.165) is 96.3 Å². The van der Waals surface area contributed by atoms with E-state index in [1.165, 1.54) is 218 Å². The van der Waals surface area contributed by atoms with Gasteiger partial charge in [-0.2, -0.15) is 0 Å². The van der Waals surface area contributed by atoms with Crippen LogP contribution in [0.15, 0.2) is 72.9 Å². The maximum Gasteiger partial charge on any atom is 0.306 e. The fourth-order valence-corrected chi connectivity index (χ4v) is 10.1. The van der Waals surface area contributed by atoms with Crippen LogP contribution in [0.4, 0.5) is 0 Å². The number of esters is 3. The lowest BCUT2D eigenvalue weighted by atomic mass is 10.0. The van der Waals surface area contributed by atoms with Crippen molar-refractivity contribution < 1.29 is 28.6 Å².